The number of primary amides is 1. The molecule has 4 saturated heterocycles. The van der Waals surface area contributed by atoms with Crippen LogP contribution in [-0.2, 0) is 26.1 Å². The van der Waals surface area contributed by atoms with Gasteiger partial charge in [0.05, 0.1) is 63.3 Å². The van der Waals surface area contributed by atoms with Crippen LogP contribution < -0.4 is 16.4 Å². The molecule has 4 aliphatic heterocycles. The molecule has 23 heteroatoms. The Morgan fingerprint density at radius 1 is 0.514 bits per heavy atom. The van der Waals surface area contributed by atoms with E-state index in [0.717, 1.165) is 181 Å². The van der Waals surface area contributed by atoms with Crippen LogP contribution in [-0.4, -0.2) is 135 Å². The molecule has 22 nitrogen and oxygen atoms in total. The number of pyridine rings is 2. The number of hydrogen-bond donors (Lipinski definition) is 6. The molecule has 7 aromatic carbocycles. The molecule has 0 bridgehead atoms. The highest BCUT2D eigenvalue weighted by Crippen LogP contribution is 2.49. The normalized spacial score (nSPS) is 15.9. The molecule has 548 valence electrons. The summed E-state index contributed by atoms with van der Waals surface area (Å²) in [6.07, 6.45) is 15.2. The van der Waals surface area contributed by atoms with Crippen LogP contribution in [0.1, 0.15) is 122 Å². The quantitative estimate of drug-likeness (QED) is 0.0627. The third-order valence-electron chi connectivity index (χ3n) is 21.8. The van der Waals surface area contributed by atoms with Gasteiger partial charge in [-0.1, -0.05) is 12.1 Å². The van der Waals surface area contributed by atoms with Gasteiger partial charge in [-0.15, -0.1) is 0 Å². The number of carboxylic acids is 1. The number of hydrogen-bond acceptors (Lipinski definition) is 12. The van der Waals surface area contributed by atoms with E-state index in [-0.39, 0.29) is 35.2 Å². The number of nitrogens with two attached hydrogens (primary N) is 1. The first kappa shape index (κ1) is 69.6. The van der Waals surface area contributed by atoms with Crippen molar-refractivity contribution in [1.82, 2.24) is 64.5 Å². The number of carbonyl (C=O) groups is 4. The predicted molar refractivity (Wildman–Crippen MR) is 417 cm³/mol. The lowest BCUT2D eigenvalue weighted by Gasteiger charge is -2.26. The number of carbonyl (C=O) groups excluding carboxylic acids is 3. The number of fused-ring (bicyclic) bond motifs is 6. The van der Waals surface area contributed by atoms with Crippen LogP contribution in [0, 0.1) is 19.7 Å². The van der Waals surface area contributed by atoms with E-state index >= 15 is 0 Å². The molecule has 0 radical (unpaired) electrons. The average Bonchev–Trinajstić information content (AvgIpc) is 1.59. The molecule has 1 unspecified atom stereocenters. The highest BCUT2D eigenvalue weighted by Gasteiger charge is 2.33. The second-order valence-corrected chi connectivity index (χ2v) is 28.7. The minimum atomic E-state index is -0.952. The topological polar surface area (TPSA) is 282 Å². The number of aryl methyl sites for hydroxylation is 3. The molecule has 8 aromatic heterocycles. The van der Waals surface area contributed by atoms with Crippen molar-refractivity contribution in [3.05, 3.63) is 240 Å². The minimum absolute atomic E-state index is 0.0349. The van der Waals surface area contributed by atoms with Crippen LogP contribution in [0.15, 0.2) is 189 Å². The lowest BCUT2D eigenvalue weighted by molar-refractivity contribution is -0.119. The minimum Gasteiger partial charge on any atom is -0.478 e. The van der Waals surface area contributed by atoms with Crippen molar-refractivity contribution in [2.24, 2.45) is 12.8 Å². The maximum absolute atomic E-state index is 13.9. The molecule has 15 aromatic rings. The monoisotopic (exact) mass is 1450 g/mol. The Labute approximate surface area is 625 Å². The van der Waals surface area contributed by atoms with E-state index in [0.29, 0.717) is 49.1 Å². The Bertz CT molecular complexity index is 5990. The van der Waals surface area contributed by atoms with Crippen LogP contribution >= 0.6 is 0 Å². The van der Waals surface area contributed by atoms with Crippen LogP contribution in [0.5, 0.6) is 0 Å². The second kappa shape index (κ2) is 29.4. The molecule has 0 aliphatic carbocycles. The summed E-state index contributed by atoms with van der Waals surface area (Å²) in [6, 6.07) is 50.3. The van der Waals surface area contributed by atoms with E-state index in [2.05, 4.69) is 120 Å². The summed E-state index contributed by atoms with van der Waals surface area (Å²) in [6.45, 7) is 8.80. The Balaban J connectivity index is 0.000000120. The molecule has 4 fully saturated rings. The summed E-state index contributed by atoms with van der Waals surface area (Å²) in [5.74, 6) is -1.01. The van der Waals surface area contributed by atoms with Gasteiger partial charge in [-0.05, 0) is 215 Å². The molecule has 3 amide bonds. The fourth-order valence-electron chi connectivity index (χ4n) is 16.5. The molecular weight excluding hydrogens is 1380 g/mol. The zero-order valence-corrected chi connectivity index (χ0v) is 60.4. The SMILES string of the molecule is Cc1cc(-c2c(C3CCOCC3)n(-c3ccc(C(=O)NC4CNC(=O)C4)cc3)c3cc4[nH]ncc4cc23)ccn1.Cc1cc(-c2c(C3CCOCC3)n(-c3ccc(C(N)=O)cc3)c3cc4[nH]ncc4cc23)ccn1.Cn1ncc2cc3c(cc21)c(-c1ccc(C(=O)O)cc1)c(C1CCOCC1)n3-c1ccc(F)cc1. The van der Waals surface area contributed by atoms with E-state index in [1.54, 1.807) is 24.3 Å². The molecular formula is C86H79FN14O8. The van der Waals surface area contributed by atoms with Crippen molar-refractivity contribution in [2.45, 2.75) is 82.6 Å². The number of carboxylic acid groups (broad SMARTS) is 1. The standard InChI is InChI=1S/C31H30N6O3.C28H24FN3O3.C27H25N5O2/c1-18-12-21(6-9-32-18)29-25-13-22-16-34-36-26(22)15-27(25)37(30(29)19-7-10-40-11-8-19)24-4-2-20(3-5-24)31(39)35-23-14-28(38)33-17-23;1-31-24-15-23-25(14-20(24)16-30-31)32(22-8-6-21(29)7-9-22)27(18-10-12-35-13-11-18)26(23)17-2-4-19(5-3-17)28(33)34;1-16-12-19(6-9-29-16)25-22-13-20-15-30-31-23(20)14-24(22)32(26(25)17-7-10-34-11-8-17)21-4-2-18(3-5-21)27(28)33/h2-6,9,12-13,15-16,19,23H,7-8,10-11,14,17H2,1H3,(H,33,38)(H,34,36)(H,35,39);2-9,14-16,18H,10-13H2,1H3,(H,33,34);2-6,9,12-15,17H,7-8,10-11H2,1H3,(H2,28,33)(H,30,31). The molecule has 7 N–H and O–H groups in total. The van der Waals surface area contributed by atoms with Crippen LogP contribution in [0.3, 0.4) is 0 Å². The summed E-state index contributed by atoms with van der Waals surface area (Å²) >= 11 is 0. The number of amides is 3. The van der Waals surface area contributed by atoms with Crippen LogP contribution in [0.4, 0.5) is 4.39 Å². The van der Waals surface area contributed by atoms with E-state index in [9.17, 15) is 28.7 Å². The van der Waals surface area contributed by atoms with Gasteiger partial charge in [0, 0.05) is 195 Å². The van der Waals surface area contributed by atoms with Gasteiger partial charge < -0.3 is 49.4 Å². The maximum Gasteiger partial charge on any atom is 0.335 e. The molecule has 109 heavy (non-hydrogen) atoms. The van der Waals surface area contributed by atoms with E-state index in [1.165, 1.54) is 40.0 Å². The van der Waals surface area contributed by atoms with E-state index in [4.69, 9.17) is 19.9 Å². The van der Waals surface area contributed by atoms with Gasteiger partial charge >= 0.3 is 5.97 Å². The van der Waals surface area contributed by atoms with Crippen molar-refractivity contribution >= 4 is 89.1 Å². The summed E-state index contributed by atoms with van der Waals surface area (Å²) < 4.78 is 39.8. The van der Waals surface area contributed by atoms with Crippen LogP contribution in [0.25, 0.3) is 116 Å². The van der Waals surface area contributed by atoms with Gasteiger partial charge in [0.1, 0.15) is 5.82 Å². The number of rotatable bonds is 13. The lowest BCUT2D eigenvalue weighted by atomic mass is 9.89. The van der Waals surface area contributed by atoms with Gasteiger partial charge in [-0.3, -0.25) is 39.2 Å². The number of aromatic amines is 2. The van der Waals surface area contributed by atoms with Gasteiger partial charge in [-0.2, -0.15) is 15.3 Å². The molecule has 4 aliphatic rings. The number of aromatic nitrogens is 11. The fourth-order valence-corrected chi connectivity index (χ4v) is 16.5. The van der Waals surface area contributed by atoms with Gasteiger partial charge in [0.25, 0.3) is 5.91 Å². The van der Waals surface area contributed by atoms with Crippen molar-refractivity contribution in [2.75, 3.05) is 46.2 Å². The lowest BCUT2D eigenvalue weighted by Crippen LogP contribution is -2.36. The first-order valence-corrected chi connectivity index (χ1v) is 37.0. The average molecular weight is 1460 g/mol. The number of nitrogens with one attached hydrogen (secondary N) is 4. The zero-order valence-electron chi connectivity index (χ0n) is 60.4. The van der Waals surface area contributed by atoms with Gasteiger partial charge in [-0.25, -0.2) is 9.18 Å². The molecule has 19 rings (SSSR count). The third kappa shape index (κ3) is 13.4. The maximum atomic E-state index is 13.9. The number of ether oxygens (including phenoxy) is 3. The molecule has 0 spiro atoms. The third-order valence-corrected chi connectivity index (χ3v) is 21.8. The molecule has 0 saturated carbocycles. The number of aromatic carboxylic acids is 1. The number of halogens is 1. The molecule has 1 atom stereocenters. The predicted octanol–water partition coefficient (Wildman–Crippen LogP) is 15.2. The summed E-state index contributed by atoms with van der Waals surface area (Å²) in [7, 11) is 1.92. The van der Waals surface area contributed by atoms with Crippen LogP contribution in [0.2, 0.25) is 0 Å². The first-order valence-electron chi connectivity index (χ1n) is 37.0. The van der Waals surface area contributed by atoms with E-state index in [1.807, 2.05) is 117 Å². The van der Waals surface area contributed by atoms with Gasteiger partial charge in [0.2, 0.25) is 11.8 Å². The smallest absolute Gasteiger partial charge is 0.335 e. The Morgan fingerprint density at radius 3 is 1.40 bits per heavy atom. The Hall–Kier alpha value is -12.4. The van der Waals surface area contributed by atoms with E-state index < -0.39 is 11.9 Å². The fraction of sp³-hybridized carbons (Fsp3) is 0.244. The zero-order chi connectivity index (χ0) is 74.6. The van der Waals surface area contributed by atoms with Crippen molar-refractivity contribution in [3.63, 3.8) is 0 Å². The summed E-state index contributed by atoms with van der Waals surface area (Å²) in [5, 5.41) is 40.9. The number of nitrogens with zero attached hydrogens (tertiary/aromatic N) is 9. The highest BCUT2D eigenvalue weighted by molar-refractivity contribution is 6.09. The number of H-pyrrole nitrogens is 2. The number of benzene rings is 7. The second-order valence-electron chi connectivity index (χ2n) is 28.7. The highest BCUT2D eigenvalue weighted by atomic mass is 19.1. The first-order chi connectivity index (χ1) is 53.2. The Kier molecular flexibility index (Phi) is 18.8. The van der Waals surface area contributed by atoms with Crippen molar-refractivity contribution in [3.8, 4) is 50.4 Å². The summed E-state index contributed by atoms with van der Waals surface area (Å²) in [4.78, 5) is 56.6. The Morgan fingerprint density at radius 2 is 0.954 bits per heavy atom. The summed E-state index contributed by atoms with van der Waals surface area (Å²) in [5.41, 5.74) is 28.1. The largest absolute Gasteiger partial charge is 0.478 e. The van der Waals surface area contributed by atoms with Crippen molar-refractivity contribution < 1.29 is 42.9 Å². The van der Waals surface area contributed by atoms with Gasteiger partial charge in [0.15, 0.2) is 0 Å². The molecule has 12 heterocycles. The van der Waals surface area contributed by atoms with Crippen molar-refractivity contribution in [1.29, 1.82) is 0 Å².